The molecular weight excluding hydrogens is 223 g/mol. The molecule has 0 bridgehead atoms. The summed E-state index contributed by atoms with van der Waals surface area (Å²) in [6.45, 7) is 1.60. The van der Waals surface area contributed by atoms with E-state index in [1.165, 1.54) is 0 Å². The average molecular weight is 227 g/mol. The first-order valence-electron chi connectivity index (χ1n) is 2.86. The standard InChI is InChI=1S/C5H4Cl2N2O2S/c1-2-3(6)4(7)9-5(8-2)12(10)11/h8H,1H3. The van der Waals surface area contributed by atoms with Crippen molar-refractivity contribution in [2.24, 2.45) is 0 Å². The predicted octanol–water partition coefficient (Wildman–Crippen LogP) is 1.44. The zero-order chi connectivity index (χ0) is 9.30. The quantitative estimate of drug-likeness (QED) is 0.538. The lowest BCUT2D eigenvalue weighted by atomic mass is 10.5. The number of aryl methyl sites for hydroxylation is 1. The molecule has 1 aromatic rings. The third-order valence-electron chi connectivity index (χ3n) is 1.16. The van der Waals surface area contributed by atoms with Crippen LogP contribution in [0, 0.1) is 11.7 Å². The van der Waals surface area contributed by atoms with Crippen LogP contribution in [0.2, 0.25) is 10.2 Å². The highest BCUT2D eigenvalue weighted by atomic mass is 35.5. The number of nitrogens with one attached hydrogen (secondary N) is 1. The first kappa shape index (κ1) is 9.57. The molecule has 7 heteroatoms. The van der Waals surface area contributed by atoms with E-state index in [-0.39, 0.29) is 14.9 Å². The minimum Gasteiger partial charge on any atom is -0.329 e. The normalized spacial score (nSPS) is 9.92. The topological polar surface area (TPSA) is 62.8 Å². The number of halogens is 2. The summed E-state index contributed by atoms with van der Waals surface area (Å²) in [5.74, 6) is 0. The minimum absolute atomic E-state index is 0.0212. The molecule has 0 saturated heterocycles. The van der Waals surface area contributed by atoms with Gasteiger partial charge in [0, 0.05) is 5.69 Å². The van der Waals surface area contributed by atoms with Crippen molar-refractivity contribution >= 4 is 33.5 Å². The fourth-order valence-corrected chi connectivity index (χ4v) is 1.38. The van der Waals surface area contributed by atoms with E-state index in [9.17, 15) is 8.42 Å². The van der Waals surface area contributed by atoms with E-state index in [1.54, 1.807) is 6.92 Å². The van der Waals surface area contributed by atoms with Crippen LogP contribution in [0.15, 0.2) is 0 Å². The van der Waals surface area contributed by atoms with E-state index in [2.05, 4.69) is 9.97 Å². The summed E-state index contributed by atoms with van der Waals surface area (Å²) in [6, 6.07) is 0. The van der Waals surface area contributed by atoms with Crippen LogP contribution in [-0.4, -0.2) is 18.4 Å². The second-order valence-electron chi connectivity index (χ2n) is 2.01. The summed E-state index contributed by atoms with van der Waals surface area (Å²) in [5.41, 5.74) is 0.468. The number of hydrogen-bond donors (Lipinski definition) is 1. The second-order valence-corrected chi connectivity index (χ2v) is 3.60. The third kappa shape index (κ3) is 1.80. The molecule has 0 fully saturated rings. The molecule has 0 radical (unpaired) electrons. The molecular formula is C5H4Cl2N2O2S. The lowest BCUT2D eigenvalue weighted by Crippen LogP contribution is -1.91. The molecule has 12 heavy (non-hydrogen) atoms. The Morgan fingerprint density at radius 2 is 2.00 bits per heavy atom. The summed E-state index contributed by atoms with van der Waals surface area (Å²) in [7, 11) is -2.42. The van der Waals surface area contributed by atoms with Gasteiger partial charge in [0.05, 0.1) is 5.02 Å². The van der Waals surface area contributed by atoms with Crippen molar-refractivity contribution in [3.63, 3.8) is 0 Å². The minimum atomic E-state index is -2.42. The molecule has 0 unspecified atom stereocenters. The lowest BCUT2D eigenvalue weighted by Gasteiger charge is -1.96. The molecule has 1 rings (SSSR count). The summed E-state index contributed by atoms with van der Waals surface area (Å²) < 4.78 is 20.6. The van der Waals surface area contributed by atoms with Gasteiger partial charge >= 0.3 is 0 Å². The molecule has 0 atom stereocenters. The van der Waals surface area contributed by atoms with Gasteiger partial charge in [0.25, 0.3) is 15.1 Å². The Kier molecular flexibility index (Phi) is 2.76. The highest BCUT2D eigenvalue weighted by Gasteiger charge is 2.02. The lowest BCUT2D eigenvalue weighted by molar-refractivity contribution is 0.623. The Bertz CT molecular complexity index is 442. The first-order chi connectivity index (χ1) is 5.52. The summed E-state index contributed by atoms with van der Waals surface area (Å²) in [5, 5.41) is 0.206. The van der Waals surface area contributed by atoms with Gasteiger partial charge < -0.3 is 4.98 Å². The Morgan fingerprint density at radius 1 is 1.42 bits per heavy atom. The zero-order valence-electron chi connectivity index (χ0n) is 5.93. The number of rotatable bonds is 0. The van der Waals surface area contributed by atoms with Gasteiger partial charge in [0.15, 0.2) is 5.15 Å². The van der Waals surface area contributed by atoms with Crippen molar-refractivity contribution in [3.05, 3.63) is 20.6 Å². The van der Waals surface area contributed by atoms with Crippen molar-refractivity contribution in [3.8, 4) is 0 Å². The van der Waals surface area contributed by atoms with Crippen LogP contribution in [0.3, 0.4) is 0 Å². The molecule has 1 N–H and O–H groups in total. The molecule has 0 aliphatic heterocycles. The monoisotopic (exact) mass is 226 g/mol. The van der Waals surface area contributed by atoms with Gasteiger partial charge in [-0.25, -0.2) is 4.98 Å². The smallest absolute Gasteiger partial charge is 0.258 e. The Morgan fingerprint density at radius 3 is 2.42 bits per heavy atom. The number of aromatic nitrogens is 2. The molecule has 0 spiro atoms. The third-order valence-corrected chi connectivity index (χ3v) is 2.50. The molecule has 4 nitrogen and oxygen atoms in total. The molecule has 0 saturated carbocycles. The number of hydrogen-bond acceptors (Lipinski definition) is 3. The van der Waals surface area contributed by atoms with E-state index < -0.39 is 10.3 Å². The van der Waals surface area contributed by atoms with Gasteiger partial charge in [-0.3, -0.25) is 0 Å². The molecule has 1 aromatic heterocycles. The predicted molar refractivity (Wildman–Crippen MR) is 45.5 cm³/mol. The maximum atomic E-state index is 10.4. The molecule has 0 aliphatic carbocycles. The SMILES string of the molecule is Cc1[nH]c(=S(=O)=O)nc(Cl)c1Cl. The highest BCUT2D eigenvalue weighted by Crippen LogP contribution is 2.20. The fraction of sp³-hybridized carbons (Fsp3) is 0.200. The van der Waals surface area contributed by atoms with E-state index in [1.807, 2.05) is 0 Å². The average Bonchev–Trinajstić information content (AvgIpc) is 1.99. The molecule has 66 valence electrons. The van der Waals surface area contributed by atoms with Crippen LogP contribution in [0.1, 0.15) is 5.69 Å². The summed E-state index contributed by atoms with van der Waals surface area (Å²) >= 11 is 11.2. The fourth-order valence-electron chi connectivity index (χ4n) is 0.615. The Labute approximate surface area is 79.7 Å². The molecule has 0 amide bonds. The van der Waals surface area contributed by atoms with E-state index in [0.29, 0.717) is 5.69 Å². The summed E-state index contributed by atoms with van der Waals surface area (Å²) in [6.07, 6.45) is 0. The maximum Gasteiger partial charge on any atom is 0.258 e. The van der Waals surface area contributed by atoms with Gasteiger partial charge in [0.1, 0.15) is 0 Å². The number of aromatic amines is 1. The van der Waals surface area contributed by atoms with Crippen LogP contribution >= 0.6 is 23.2 Å². The van der Waals surface area contributed by atoms with Gasteiger partial charge in [-0.2, -0.15) is 8.42 Å². The summed E-state index contributed by atoms with van der Waals surface area (Å²) in [4.78, 5) is 5.97. The van der Waals surface area contributed by atoms with E-state index >= 15 is 0 Å². The van der Waals surface area contributed by atoms with Crippen molar-refractivity contribution < 1.29 is 8.42 Å². The van der Waals surface area contributed by atoms with Gasteiger partial charge in [-0.15, -0.1) is 0 Å². The maximum absolute atomic E-state index is 10.4. The number of nitrogens with zero attached hydrogens (tertiary/aromatic N) is 1. The van der Waals surface area contributed by atoms with Gasteiger partial charge in [0.2, 0.25) is 0 Å². The molecule has 1 heterocycles. The first-order valence-corrected chi connectivity index (χ1v) is 4.69. The Balaban J connectivity index is 3.76. The number of H-pyrrole nitrogens is 1. The van der Waals surface area contributed by atoms with Crippen LogP contribution in [-0.2, 0) is 10.3 Å². The van der Waals surface area contributed by atoms with Gasteiger partial charge in [-0.05, 0) is 6.92 Å². The van der Waals surface area contributed by atoms with Crippen molar-refractivity contribution in [1.29, 1.82) is 0 Å². The van der Waals surface area contributed by atoms with E-state index in [0.717, 1.165) is 0 Å². The van der Waals surface area contributed by atoms with Crippen molar-refractivity contribution in [2.45, 2.75) is 6.92 Å². The van der Waals surface area contributed by atoms with Crippen LogP contribution < -0.4 is 0 Å². The molecule has 0 aromatic carbocycles. The van der Waals surface area contributed by atoms with Crippen molar-refractivity contribution in [1.82, 2.24) is 9.97 Å². The largest absolute Gasteiger partial charge is 0.329 e. The highest BCUT2D eigenvalue weighted by molar-refractivity contribution is 7.63. The van der Waals surface area contributed by atoms with Gasteiger partial charge in [-0.1, -0.05) is 23.2 Å². The Hall–Kier alpha value is -0.520. The van der Waals surface area contributed by atoms with Crippen LogP contribution in [0.4, 0.5) is 0 Å². The van der Waals surface area contributed by atoms with Crippen LogP contribution in [0.5, 0.6) is 0 Å². The van der Waals surface area contributed by atoms with Crippen LogP contribution in [0.25, 0.3) is 0 Å². The van der Waals surface area contributed by atoms with Crippen molar-refractivity contribution in [2.75, 3.05) is 0 Å². The zero-order valence-corrected chi connectivity index (χ0v) is 8.26. The van der Waals surface area contributed by atoms with E-state index in [4.69, 9.17) is 23.2 Å². The second kappa shape index (κ2) is 3.47. The molecule has 0 aliphatic rings.